The van der Waals surface area contributed by atoms with E-state index in [1.165, 1.54) is 4.57 Å². The molecule has 0 unspecified atom stereocenters. The van der Waals surface area contributed by atoms with Crippen LogP contribution in [0, 0.1) is 0 Å². The van der Waals surface area contributed by atoms with E-state index >= 15 is 0 Å². The third-order valence-electron chi connectivity index (χ3n) is 4.96. The Balaban J connectivity index is 1.91. The van der Waals surface area contributed by atoms with Crippen LogP contribution in [0.1, 0.15) is 5.56 Å². The van der Waals surface area contributed by atoms with Gasteiger partial charge in [-0.05, 0) is 11.6 Å². The summed E-state index contributed by atoms with van der Waals surface area (Å²) in [5.41, 5.74) is 1.40. The molecule has 0 spiro atoms. The molecule has 144 valence electrons. The van der Waals surface area contributed by atoms with Crippen LogP contribution in [0.15, 0.2) is 64.2 Å². The van der Waals surface area contributed by atoms with Gasteiger partial charge in [-0.25, -0.2) is 9.20 Å². The normalized spacial score (nSPS) is 11.5. The van der Waals surface area contributed by atoms with E-state index in [-0.39, 0.29) is 0 Å². The number of benzene rings is 2. The van der Waals surface area contributed by atoms with E-state index in [2.05, 4.69) is 15.2 Å². The minimum atomic E-state index is -0.507. The van der Waals surface area contributed by atoms with Crippen LogP contribution >= 0.6 is 11.6 Å². The second-order valence-corrected chi connectivity index (χ2v) is 7.10. The van der Waals surface area contributed by atoms with Gasteiger partial charge >= 0.3 is 5.69 Å². The van der Waals surface area contributed by atoms with Crippen molar-refractivity contribution in [2.24, 2.45) is 7.05 Å². The quantitative estimate of drug-likeness (QED) is 0.498. The van der Waals surface area contributed by atoms with Crippen molar-refractivity contribution in [2.45, 2.75) is 6.54 Å². The van der Waals surface area contributed by atoms with Crippen molar-refractivity contribution in [2.75, 3.05) is 0 Å². The SMILES string of the molecule is Cn1c(=O)[nH]c(=O)c2c1n1c(-c3ccccc3)nnc1n2Cc1ccccc1Cl. The van der Waals surface area contributed by atoms with E-state index in [1.807, 2.05) is 48.5 Å². The van der Waals surface area contributed by atoms with Crippen molar-refractivity contribution in [3.63, 3.8) is 0 Å². The highest BCUT2D eigenvalue weighted by atomic mass is 35.5. The number of nitrogens with one attached hydrogen (secondary N) is 1. The number of H-pyrrole nitrogens is 1. The average Bonchev–Trinajstić information content (AvgIpc) is 3.28. The number of halogens is 1. The number of hydrogen-bond donors (Lipinski definition) is 1. The molecule has 3 heterocycles. The van der Waals surface area contributed by atoms with Gasteiger partial charge < -0.3 is 0 Å². The molecule has 0 bridgehead atoms. The van der Waals surface area contributed by atoms with E-state index in [4.69, 9.17) is 11.6 Å². The average molecular weight is 407 g/mol. The summed E-state index contributed by atoms with van der Waals surface area (Å²) in [5, 5.41) is 9.25. The summed E-state index contributed by atoms with van der Waals surface area (Å²) in [7, 11) is 1.61. The zero-order chi connectivity index (χ0) is 20.1. The highest BCUT2D eigenvalue weighted by molar-refractivity contribution is 6.31. The third-order valence-corrected chi connectivity index (χ3v) is 5.33. The van der Waals surface area contributed by atoms with Gasteiger partial charge in [-0.15, -0.1) is 10.2 Å². The molecule has 0 radical (unpaired) electrons. The summed E-state index contributed by atoms with van der Waals surface area (Å²) in [6.45, 7) is 0.306. The maximum atomic E-state index is 12.8. The Labute approximate surface area is 168 Å². The van der Waals surface area contributed by atoms with Crippen LogP contribution in [0.5, 0.6) is 0 Å². The predicted octanol–water partition coefficient (Wildman–Crippen LogP) is 2.44. The lowest BCUT2D eigenvalue weighted by atomic mass is 10.2. The maximum absolute atomic E-state index is 12.8. The van der Waals surface area contributed by atoms with E-state index in [0.717, 1.165) is 11.1 Å². The van der Waals surface area contributed by atoms with Gasteiger partial charge in [0.15, 0.2) is 17.0 Å². The first kappa shape index (κ1) is 17.4. The van der Waals surface area contributed by atoms with Crippen molar-refractivity contribution >= 4 is 28.5 Å². The van der Waals surface area contributed by atoms with Crippen LogP contribution in [-0.4, -0.2) is 28.7 Å². The summed E-state index contributed by atoms with van der Waals surface area (Å²) in [6, 6.07) is 16.9. The highest BCUT2D eigenvalue weighted by Gasteiger charge is 2.23. The van der Waals surface area contributed by atoms with Gasteiger partial charge in [0, 0.05) is 17.6 Å². The van der Waals surface area contributed by atoms with E-state index in [1.54, 1.807) is 22.1 Å². The molecule has 0 aliphatic heterocycles. The lowest BCUT2D eigenvalue weighted by Gasteiger charge is -2.06. The van der Waals surface area contributed by atoms with Crippen LogP contribution in [0.4, 0.5) is 0 Å². The minimum absolute atomic E-state index is 0.306. The summed E-state index contributed by atoms with van der Waals surface area (Å²) in [6.07, 6.45) is 0. The number of aromatic nitrogens is 6. The standard InChI is InChI=1S/C20H15ClN6O2/c1-25-18-15(17(28)22-20(25)29)26(11-13-9-5-6-10-14(13)21)19-24-23-16(27(18)19)12-7-3-2-4-8-12/h2-10H,11H2,1H3,(H,22,28,29). The summed E-state index contributed by atoms with van der Waals surface area (Å²) in [5.74, 6) is 0.995. The van der Waals surface area contributed by atoms with Crippen molar-refractivity contribution in [3.8, 4) is 11.4 Å². The van der Waals surface area contributed by atoms with E-state index in [0.29, 0.717) is 34.3 Å². The number of nitrogens with zero attached hydrogens (tertiary/aromatic N) is 5. The Hall–Kier alpha value is -3.65. The molecule has 8 nitrogen and oxygen atoms in total. The van der Waals surface area contributed by atoms with Crippen LogP contribution < -0.4 is 11.2 Å². The lowest BCUT2D eigenvalue weighted by Crippen LogP contribution is -2.29. The number of fused-ring (bicyclic) bond motifs is 3. The number of aryl methyl sites for hydroxylation is 1. The molecule has 0 amide bonds. The second-order valence-electron chi connectivity index (χ2n) is 6.69. The molecule has 5 rings (SSSR count). The molecule has 0 fully saturated rings. The molecule has 0 saturated carbocycles. The smallest absolute Gasteiger partial charge is 0.298 e. The number of imidazole rings is 1. The topological polar surface area (TPSA) is 90.0 Å². The number of aromatic amines is 1. The first-order chi connectivity index (χ1) is 14.1. The summed E-state index contributed by atoms with van der Waals surface area (Å²) in [4.78, 5) is 27.5. The minimum Gasteiger partial charge on any atom is -0.298 e. The van der Waals surface area contributed by atoms with E-state index < -0.39 is 11.2 Å². The molecule has 1 N–H and O–H groups in total. The molecular formula is C20H15ClN6O2. The fourth-order valence-electron chi connectivity index (χ4n) is 3.56. The molecule has 2 aromatic carbocycles. The van der Waals surface area contributed by atoms with Gasteiger partial charge in [-0.1, -0.05) is 60.1 Å². The predicted molar refractivity (Wildman–Crippen MR) is 110 cm³/mol. The van der Waals surface area contributed by atoms with Crippen molar-refractivity contribution in [1.82, 2.24) is 28.7 Å². The Bertz CT molecular complexity index is 1490. The monoisotopic (exact) mass is 406 g/mol. The highest BCUT2D eigenvalue weighted by Crippen LogP contribution is 2.26. The van der Waals surface area contributed by atoms with Gasteiger partial charge in [-0.2, -0.15) is 0 Å². The molecule has 0 atom stereocenters. The Kier molecular flexibility index (Phi) is 3.88. The first-order valence-electron chi connectivity index (χ1n) is 8.91. The van der Waals surface area contributed by atoms with Gasteiger partial charge in [-0.3, -0.25) is 18.9 Å². The van der Waals surface area contributed by atoms with Crippen LogP contribution in [-0.2, 0) is 13.6 Å². The van der Waals surface area contributed by atoms with Gasteiger partial charge in [0.25, 0.3) is 5.56 Å². The van der Waals surface area contributed by atoms with Gasteiger partial charge in [0.2, 0.25) is 5.78 Å². The van der Waals surface area contributed by atoms with Gasteiger partial charge in [0.1, 0.15) is 0 Å². The number of rotatable bonds is 3. The Morgan fingerprint density at radius 3 is 2.48 bits per heavy atom. The molecule has 0 saturated heterocycles. The van der Waals surface area contributed by atoms with Gasteiger partial charge in [0.05, 0.1) is 6.54 Å². The number of hydrogen-bond acceptors (Lipinski definition) is 4. The summed E-state index contributed by atoms with van der Waals surface area (Å²) >= 11 is 6.34. The molecule has 3 aromatic heterocycles. The van der Waals surface area contributed by atoms with E-state index in [9.17, 15) is 9.59 Å². The first-order valence-corrected chi connectivity index (χ1v) is 9.29. The molecule has 29 heavy (non-hydrogen) atoms. The molecule has 0 aliphatic rings. The molecular weight excluding hydrogens is 392 g/mol. The summed E-state index contributed by atoms with van der Waals surface area (Å²) < 4.78 is 4.86. The maximum Gasteiger partial charge on any atom is 0.329 e. The fourth-order valence-corrected chi connectivity index (χ4v) is 3.76. The molecule has 0 aliphatic carbocycles. The Morgan fingerprint density at radius 2 is 1.72 bits per heavy atom. The Morgan fingerprint density at radius 1 is 1.00 bits per heavy atom. The zero-order valence-corrected chi connectivity index (χ0v) is 16.1. The fraction of sp³-hybridized carbons (Fsp3) is 0.100. The van der Waals surface area contributed by atoms with Crippen LogP contribution in [0.2, 0.25) is 5.02 Å². The van der Waals surface area contributed by atoms with Crippen molar-refractivity contribution in [1.29, 1.82) is 0 Å². The van der Waals surface area contributed by atoms with Crippen LogP contribution in [0.3, 0.4) is 0 Å². The van der Waals surface area contributed by atoms with Crippen molar-refractivity contribution < 1.29 is 0 Å². The zero-order valence-electron chi connectivity index (χ0n) is 15.3. The molecule has 9 heteroatoms. The largest absolute Gasteiger partial charge is 0.329 e. The van der Waals surface area contributed by atoms with Crippen molar-refractivity contribution in [3.05, 3.63) is 86.0 Å². The lowest BCUT2D eigenvalue weighted by molar-refractivity contribution is 0.809. The molecule has 5 aromatic rings. The second kappa shape index (κ2) is 6.46. The third kappa shape index (κ3) is 2.60. The van der Waals surface area contributed by atoms with Crippen LogP contribution in [0.25, 0.3) is 28.3 Å².